The van der Waals surface area contributed by atoms with Gasteiger partial charge in [0.25, 0.3) is 5.95 Å². The van der Waals surface area contributed by atoms with Crippen LogP contribution in [0.1, 0.15) is 66.0 Å². The molecule has 10 nitrogen and oxygen atoms in total. The van der Waals surface area contributed by atoms with Crippen molar-refractivity contribution in [3.63, 3.8) is 0 Å². The van der Waals surface area contributed by atoms with E-state index in [1.165, 1.54) is 4.31 Å². The van der Waals surface area contributed by atoms with E-state index >= 15 is 0 Å². The lowest BCUT2D eigenvalue weighted by molar-refractivity contribution is -0.143. The van der Waals surface area contributed by atoms with Crippen LogP contribution in [0.15, 0.2) is 72.7 Å². The minimum absolute atomic E-state index is 0.0472. The number of carbonyl (C=O) groups excluding carboxylic acids is 1. The van der Waals surface area contributed by atoms with Gasteiger partial charge in [-0.25, -0.2) is 0 Å². The second-order valence-electron chi connectivity index (χ2n) is 11.6. The van der Waals surface area contributed by atoms with Gasteiger partial charge in [0.2, 0.25) is 0 Å². The van der Waals surface area contributed by atoms with Crippen molar-refractivity contribution in [1.82, 2.24) is 4.31 Å². The maximum atomic E-state index is 13.1. The number of aryl methyl sites for hydroxylation is 1. The molecular weight excluding hydrogens is 606 g/mol. The van der Waals surface area contributed by atoms with Crippen LogP contribution in [0.3, 0.4) is 0 Å². The lowest BCUT2D eigenvalue weighted by Gasteiger charge is -2.27. The monoisotopic (exact) mass is 651 g/mol. The van der Waals surface area contributed by atoms with Gasteiger partial charge < -0.3 is 29.8 Å². The van der Waals surface area contributed by atoms with Crippen LogP contribution in [0, 0.1) is 19.8 Å². The molecule has 0 radical (unpaired) electrons. The third-order valence-corrected chi connectivity index (χ3v) is 9.47. The molecule has 1 unspecified atom stereocenters. The number of anilines is 2. The molecule has 1 aliphatic rings. The molecule has 4 rings (SSSR count). The Bertz CT molecular complexity index is 1630. The van der Waals surface area contributed by atoms with Crippen molar-refractivity contribution in [2.75, 3.05) is 37.4 Å². The Morgan fingerprint density at radius 1 is 1.13 bits per heavy atom. The van der Waals surface area contributed by atoms with Gasteiger partial charge in [-0.05, 0) is 72.6 Å². The van der Waals surface area contributed by atoms with Gasteiger partial charge in [-0.1, -0.05) is 61.5 Å². The van der Waals surface area contributed by atoms with E-state index in [2.05, 4.69) is 5.32 Å². The fourth-order valence-electron chi connectivity index (χ4n) is 5.30. The maximum absolute atomic E-state index is 13.1. The zero-order valence-electron chi connectivity index (χ0n) is 27.0. The molecule has 0 saturated heterocycles. The second-order valence-corrected chi connectivity index (χ2v) is 13.2. The zero-order valence-corrected chi connectivity index (χ0v) is 27.8. The molecule has 0 bridgehead atoms. The fourth-order valence-corrected chi connectivity index (χ4v) is 6.28. The minimum atomic E-state index is -4.11. The Morgan fingerprint density at radius 2 is 1.89 bits per heavy atom. The van der Waals surface area contributed by atoms with Crippen LogP contribution in [0.25, 0.3) is 0 Å². The molecule has 0 aliphatic carbocycles. The number of rotatable bonds is 15. The number of aliphatic hydroxyl groups is 1. The van der Waals surface area contributed by atoms with Gasteiger partial charge >= 0.3 is 16.3 Å². The first-order valence-electron chi connectivity index (χ1n) is 15.6. The number of nitrogen functional groups attached to an aromatic ring is 1. The number of nitrogens with one attached hydrogen (secondary N) is 1. The van der Waals surface area contributed by atoms with E-state index in [9.17, 15) is 18.3 Å². The molecule has 0 saturated carbocycles. The highest BCUT2D eigenvalue weighted by Gasteiger charge is 2.31. The summed E-state index contributed by atoms with van der Waals surface area (Å²) in [7, 11) is -4.11. The van der Waals surface area contributed by atoms with E-state index in [4.69, 9.17) is 19.4 Å². The average Bonchev–Trinajstić information content (AvgIpc) is 3.03. The number of carbonyl (C=O) groups is 1. The third kappa shape index (κ3) is 9.02. The smallest absolute Gasteiger partial charge is 0.388 e. The first kappa shape index (κ1) is 34.8. The summed E-state index contributed by atoms with van der Waals surface area (Å²) in [6.45, 7) is 9.01. The molecule has 0 amide bonds. The van der Waals surface area contributed by atoms with E-state index in [1.54, 1.807) is 13.0 Å². The Labute approximate surface area is 272 Å². The number of aliphatic hydroxyl groups excluding tert-OH is 1. The quantitative estimate of drug-likeness (QED) is 0.143. The van der Waals surface area contributed by atoms with Crippen molar-refractivity contribution in [3.05, 3.63) is 106 Å². The highest BCUT2D eigenvalue weighted by molar-refractivity contribution is 7.84. The van der Waals surface area contributed by atoms with Gasteiger partial charge in [0.1, 0.15) is 6.61 Å². The summed E-state index contributed by atoms with van der Waals surface area (Å²) in [6.07, 6.45) is 2.50. The van der Waals surface area contributed by atoms with E-state index in [-0.39, 0.29) is 63.1 Å². The Kier molecular flexibility index (Phi) is 12.1. The van der Waals surface area contributed by atoms with Crippen molar-refractivity contribution in [1.29, 1.82) is 0 Å². The topological polar surface area (TPSA) is 140 Å². The average molecular weight is 652 g/mol. The molecule has 248 valence electrons. The summed E-state index contributed by atoms with van der Waals surface area (Å²) >= 11 is 0. The van der Waals surface area contributed by atoms with E-state index < -0.39 is 10.3 Å². The number of ether oxygens (including phenoxy) is 2. The SMILES string of the molecule is CCOC(=O)CC(c1ccc(C)c(CN2CC=C(OCc3ccccc3)OS2(=O)=O)c1)c1ccc(NCC[C@@H](C)CO)c(N)c1C. The zero-order chi connectivity index (χ0) is 33.3. The van der Waals surface area contributed by atoms with Crippen molar-refractivity contribution in [2.24, 2.45) is 5.92 Å². The molecule has 1 aliphatic heterocycles. The van der Waals surface area contributed by atoms with Crippen LogP contribution in [-0.4, -0.2) is 50.1 Å². The highest BCUT2D eigenvalue weighted by Crippen LogP contribution is 2.37. The van der Waals surface area contributed by atoms with E-state index in [0.717, 1.165) is 45.5 Å². The van der Waals surface area contributed by atoms with Crippen LogP contribution < -0.4 is 11.1 Å². The molecule has 0 aromatic heterocycles. The predicted octanol–water partition coefficient (Wildman–Crippen LogP) is 5.54. The van der Waals surface area contributed by atoms with Crippen molar-refractivity contribution >= 4 is 27.6 Å². The predicted molar refractivity (Wildman–Crippen MR) is 179 cm³/mol. The Hall–Kier alpha value is -4.06. The number of benzene rings is 3. The van der Waals surface area contributed by atoms with E-state index in [1.807, 2.05) is 81.4 Å². The summed E-state index contributed by atoms with van der Waals surface area (Å²) in [4.78, 5) is 12.8. The van der Waals surface area contributed by atoms with Gasteiger partial charge in [-0.15, -0.1) is 0 Å². The van der Waals surface area contributed by atoms with Crippen LogP contribution in [0.4, 0.5) is 11.4 Å². The summed E-state index contributed by atoms with van der Waals surface area (Å²) in [5, 5.41) is 12.7. The number of nitrogens with two attached hydrogens (primary N) is 1. The molecular formula is C35H45N3O7S. The summed E-state index contributed by atoms with van der Waals surface area (Å²) in [6, 6.07) is 19.1. The molecule has 11 heteroatoms. The highest BCUT2D eigenvalue weighted by atomic mass is 32.2. The second kappa shape index (κ2) is 16.0. The first-order chi connectivity index (χ1) is 22.0. The molecule has 1 heterocycles. The molecule has 2 atom stereocenters. The van der Waals surface area contributed by atoms with Crippen LogP contribution in [0.5, 0.6) is 0 Å². The van der Waals surface area contributed by atoms with Gasteiger partial charge in [0, 0.05) is 38.2 Å². The fraction of sp³-hybridized carbons (Fsp3) is 0.400. The molecule has 3 aromatic carbocycles. The van der Waals surface area contributed by atoms with Crippen molar-refractivity contribution in [2.45, 2.75) is 59.6 Å². The minimum Gasteiger partial charge on any atom is -0.466 e. The van der Waals surface area contributed by atoms with Gasteiger partial charge in [-0.3, -0.25) is 4.79 Å². The largest absolute Gasteiger partial charge is 0.466 e. The molecule has 3 aromatic rings. The maximum Gasteiger partial charge on any atom is 0.388 e. The Morgan fingerprint density at radius 3 is 2.59 bits per heavy atom. The molecule has 4 N–H and O–H groups in total. The summed E-state index contributed by atoms with van der Waals surface area (Å²) < 4.78 is 43.7. The third-order valence-electron chi connectivity index (χ3n) is 8.18. The molecule has 46 heavy (non-hydrogen) atoms. The van der Waals surface area contributed by atoms with Gasteiger partial charge in [-0.2, -0.15) is 12.7 Å². The van der Waals surface area contributed by atoms with Crippen LogP contribution in [0.2, 0.25) is 0 Å². The van der Waals surface area contributed by atoms with E-state index in [0.29, 0.717) is 12.2 Å². The van der Waals surface area contributed by atoms with Gasteiger partial charge in [0.15, 0.2) is 0 Å². The van der Waals surface area contributed by atoms with Crippen LogP contribution in [-0.2, 0) is 41.9 Å². The lowest BCUT2D eigenvalue weighted by Crippen LogP contribution is -2.36. The lowest BCUT2D eigenvalue weighted by atomic mass is 9.84. The molecule has 0 spiro atoms. The number of esters is 1. The van der Waals surface area contributed by atoms with Gasteiger partial charge in [0.05, 0.1) is 24.4 Å². The Balaban J connectivity index is 1.57. The van der Waals surface area contributed by atoms with Crippen molar-refractivity contribution < 1.29 is 32.0 Å². The summed E-state index contributed by atoms with van der Waals surface area (Å²) in [5.74, 6) is -0.588. The molecule has 0 fully saturated rings. The van der Waals surface area contributed by atoms with Crippen molar-refractivity contribution in [3.8, 4) is 0 Å². The van der Waals surface area contributed by atoms with Crippen LogP contribution >= 0.6 is 0 Å². The standard InChI is InChI=1S/C35H45N3O7S/c1-5-43-33(40)20-31(30-13-14-32(35(36)26(30)4)37-17-15-24(2)22-39)28-12-11-25(3)29(19-28)21-38-18-16-34(45-46(38,41)42)44-23-27-9-7-6-8-10-27/h6-14,16,19,24,31,37,39H,5,15,17-18,20-23,36H2,1-4H3/t24-,31?/m1/s1. The number of hydrogen-bond donors (Lipinski definition) is 3. The normalized spacial score (nSPS) is 15.7. The number of hydrogen-bond acceptors (Lipinski definition) is 9. The summed E-state index contributed by atoms with van der Waals surface area (Å²) in [5.41, 5.74) is 13.1. The first-order valence-corrected chi connectivity index (χ1v) is 16.9. The number of nitrogens with zero attached hydrogens (tertiary/aromatic N) is 1.